The first-order valence-electron chi connectivity index (χ1n) is 5.96. The van der Waals surface area contributed by atoms with E-state index in [1.807, 2.05) is 0 Å². The average molecular weight is 348 g/mol. The molecule has 112 valence electrons. The van der Waals surface area contributed by atoms with Crippen LogP contribution in [-0.4, -0.2) is 19.8 Å². The normalized spacial score (nSPS) is 11.9. The van der Waals surface area contributed by atoms with Crippen LogP contribution in [0.1, 0.15) is 5.56 Å². The third kappa shape index (κ3) is 3.74. The van der Waals surface area contributed by atoms with E-state index < -0.39 is 15.8 Å². The zero-order valence-electron chi connectivity index (χ0n) is 11.1. The molecule has 0 aliphatic rings. The van der Waals surface area contributed by atoms with Gasteiger partial charge in [0.15, 0.2) is 0 Å². The summed E-state index contributed by atoms with van der Waals surface area (Å²) >= 11 is 11.7. The second-order valence-electron chi connectivity index (χ2n) is 4.45. The molecule has 0 atom stereocenters. The topological polar surface area (TPSA) is 37.4 Å². The van der Waals surface area contributed by atoms with Crippen LogP contribution in [-0.2, 0) is 16.6 Å². The van der Waals surface area contributed by atoms with E-state index in [-0.39, 0.29) is 16.5 Å². The number of nitrogens with zero attached hydrogens (tertiary/aromatic N) is 1. The van der Waals surface area contributed by atoms with Crippen molar-refractivity contribution >= 4 is 33.2 Å². The molecule has 7 heteroatoms. The maximum Gasteiger partial charge on any atom is 0.243 e. The first-order chi connectivity index (χ1) is 9.80. The number of hydrogen-bond donors (Lipinski definition) is 0. The Morgan fingerprint density at radius 1 is 1.10 bits per heavy atom. The maximum absolute atomic E-state index is 13.0. The lowest BCUT2D eigenvalue weighted by molar-refractivity contribution is 0.466. The molecule has 2 aromatic rings. The first-order valence-corrected chi connectivity index (χ1v) is 8.16. The summed E-state index contributed by atoms with van der Waals surface area (Å²) in [5.74, 6) is -0.466. The largest absolute Gasteiger partial charge is 0.243 e. The predicted octanol–water partition coefficient (Wildman–Crippen LogP) is 3.95. The van der Waals surface area contributed by atoms with Gasteiger partial charge in [-0.1, -0.05) is 29.3 Å². The van der Waals surface area contributed by atoms with Crippen LogP contribution in [0.5, 0.6) is 0 Å². The molecule has 0 unspecified atom stereocenters. The van der Waals surface area contributed by atoms with Gasteiger partial charge in [-0.3, -0.25) is 0 Å². The molecule has 0 aromatic heterocycles. The summed E-state index contributed by atoms with van der Waals surface area (Å²) in [5.41, 5.74) is 0.526. The van der Waals surface area contributed by atoms with Crippen LogP contribution in [0, 0.1) is 5.82 Å². The van der Waals surface area contributed by atoms with Gasteiger partial charge in [-0.15, -0.1) is 0 Å². The van der Waals surface area contributed by atoms with E-state index in [0.29, 0.717) is 10.6 Å². The molecule has 0 aliphatic heterocycles. The highest BCUT2D eigenvalue weighted by Gasteiger charge is 2.21. The Bertz CT molecular complexity index is 748. The van der Waals surface area contributed by atoms with E-state index in [1.165, 1.54) is 43.4 Å². The van der Waals surface area contributed by atoms with Gasteiger partial charge in [0.05, 0.1) is 4.90 Å². The molecular weight excluding hydrogens is 336 g/mol. The second-order valence-corrected chi connectivity index (χ2v) is 7.34. The van der Waals surface area contributed by atoms with E-state index >= 15 is 0 Å². The molecule has 0 aliphatic carbocycles. The molecule has 21 heavy (non-hydrogen) atoms. The standard InChI is InChI=1S/C14H12Cl2FNO2S/c1-18(9-10-2-5-12(17)8-14(10)16)21(19,20)13-6-3-11(15)4-7-13/h2-8H,9H2,1H3. The Balaban J connectivity index is 2.26. The van der Waals surface area contributed by atoms with Crippen LogP contribution in [0.25, 0.3) is 0 Å². The molecule has 0 bridgehead atoms. The number of benzene rings is 2. The van der Waals surface area contributed by atoms with Gasteiger partial charge in [-0.25, -0.2) is 12.8 Å². The Kier molecular flexibility index (Phi) is 4.88. The summed E-state index contributed by atoms with van der Waals surface area (Å²) in [6, 6.07) is 9.73. The van der Waals surface area contributed by atoms with Crippen LogP contribution < -0.4 is 0 Å². The lowest BCUT2D eigenvalue weighted by Gasteiger charge is -2.18. The van der Waals surface area contributed by atoms with Gasteiger partial charge < -0.3 is 0 Å². The zero-order chi connectivity index (χ0) is 15.6. The van der Waals surface area contributed by atoms with Crippen LogP contribution in [0.3, 0.4) is 0 Å². The number of sulfonamides is 1. The van der Waals surface area contributed by atoms with Gasteiger partial charge in [0.2, 0.25) is 10.0 Å². The fourth-order valence-corrected chi connectivity index (χ4v) is 3.26. The van der Waals surface area contributed by atoms with Gasteiger partial charge in [-0.05, 0) is 42.0 Å². The van der Waals surface area contributed by atoms with Crippen molar-refractivity contribution in [2.75, 3.05) is 7.05 Å². The monoisotopic (exact) mass is 347 g/mol. The molecular formula is C14H12Cl2FNO2S. The molecule has 0 N–H and O–H groups in total. The number of hydrogen-bond acceptors (Lipinski definition) is 2. The molecule has 0 radical (unpaired) electrons. The zero-order valence-corrected chi connectivity index (χ0v) is 13.4. The lowest BCUT2D eigenvalue weighted by Crippen LogP contribution is -2.26. The molecule has 2 aromatic carbocycles. The summed E-state index contributed by atoms with van der Waals surface area (Å²) in [5, 5.41) is 0.645. The molecule has 0 saturated heterocycles. The molecule has 2 rings (SSSR count). The molecule has 0 fully saturated rings. The van der Waals surface area contributed by atoms with Crippen molar-refractivity contribution in [1.29, 1.82) is 0 Å². The molecule has 0 heterocycles. The predicted molar refractivity (Wildman–Crippen MR) is 81.5 cm³/mol. The molecule has 3 nitrogen and oxygen atoms in total. The summed E-state index contributed by atoms with van der Waals surface area (Å²) in [6.07, 6.45) is 0. The summed E-state index contributed by atoms with van der Waals surface area (Å²) in [4.78, 5) is 0.132. The first kappa shape index (κ1) is 16.2. The quantitative estimate of drug-likeness (QED) is 0.839. The van der Waals surface area contributed by atoms with Gasteiger partial charge in [0.25, 0.3) is 0 Å². The van der Waals surface area contributed by atoms with Gasteiger partial charge in [-0.2, -0.15) is 4.31 Å². The highest BCUT2D eigenvalue weighted by atomic mass is 35.5. The highest BCUT2D eigenvalue weighted by molar-refractivity contribution is 7.89. The highest BCUT2D eigenvalue weighted by Crippen LogP contribution is 2.23. The van der Waals surface area contributed by atoms with Crippen molar-refractivity contribution in [2.24, 2.45) is 0 Å². The van der Waals surface area contributed by atoms with Gasteiger partial charge >= 0.3 is 0 Å². The minimum absolute atomic E-state index is 0.0457. The SMILES string of the molecule is CN(Cc1ccc(F)cc1Cl)S(=O)(=O)c1ccc(Cl)cc1. The van der Waals surface area contributed by atoms with E-state index in [2.05, 4.69) is 0 Å². The van der Waals surface area contributed by atoms with Crippen LogP contribution in [0.15, 0.2) is 47.4 Å². The van der Waals surface area contributed by atoms with E-state index in [1.54, 1.807) is 0 Å². The van der Waals surface area contributed by atoms with Crippen molar-refractivity contribution in [1.82, 2.24) is 4.31 Å². The lowest BCUT2D eigenvalue weighted by atomic mass is 10.2. The molecule has 0 saturated carbocycles. The maximum atomic E-state index is 13.0. The third-order valence-electron chi connectivity index (χ3n) is 2.93. The average Bonchev–Trinajstić information content (AvgIpc) is 2.42. The summed E-state index contributed by atoms with van der Waals surface area (Å²) in [7, 11) is -2.22. The smallest absolute Gasteiger partial charge is 0.207 e. The van der Waals surface area contributed by atoms with Crippen molar-refractivity contribution < 1.29 is 12.8 Å². The van der Waals surface area contributed by atoms with E-state index in [9.17, 15) is 12.8 Å². The Morgan fingerprint density at radius 2 is 1.71 bits per heavy atom. The Hall–Kier alpha value is -1.14. The van der Waals surface area contributed by atoms with Crippen molar-refractivity contribution in [2.45, 2.75) is 11.4 Å². The van der Waals surface area contributed by atoms with Gasteiger partial charge in [0.1, 0.15) is 5.82 Å². The summed E-state index contributed by atoms with van der Waals surface area (Å²) in [6.45, 7) is 0.0457. The van der Waals surface area contributed by atoms with Crippen LogP contribution in [0.2, 0.25) is 10.0 Å². The minimum Gasteiger partial charge on any atom is -0.207 e. The van der Waals surface area contributed by atoms with Crippen molar-refractivity contribution in [3.05, 3.63) is 63.9 Å². The van der Waals surface area contributed by atoms with E-state index in [0.717, 1.165) is 10.4 Å². The van der Waals surface area contributed by atoms with Crippen molar-refractivity contribution in [3.8, 4) is 0 Å². The van der Waals surface area contributed by atoms with Gasteiger partial charge in [0, 0.05) is 23.6 Å². The van der Waals surface area contributed by atoms with Crippen molar-refractivity contribution in [3.63, 3.8) is 0 Å². The third-order valence-corrected chi connectivity index (χ3v) is 5.35. The van der Waals surface area contributed by atoms with E-state index in [4.69, 9.17) is 23.2 Å². The number of halogens is 3. The molecule has 0 spiro atoms. The Morgan fingerprint density at radius 3 is 2.29 bits per heavy atom. The molecule has 0 amide bonds. The minimum atomic E-state index is -3.66. The fourth-order valence-electron chi connectivity index (χ4n) is 1.76. The number of rotatable bonds is 4. The summed E-state index contributed by atoms with van der Waals surface area (Å²) < 4.78 is 38.9. The fraction of sp³-hybridized carbons (Fsp3) is 0.143. The van der Waals surface area contributed by atoms with Crippen LogP contribution >= 0.6 is 23.2 Å². The van der Waals surface area contributed by atoms with Crippen LogP contribution in [0.4, 0.5) is 4.39 Å². The second kappa shape index (κ2) is 6.32. The Labute approximate surface area is 133 Å².